The molecule has 32 heavy (non-hydrogen) atoms. The molecule has 0 spiro atoms. The molecule has 170 valence electrons. The predicted octanol–water partition coefficient (Wildman–Crippen LogP) is 5.36. The van der Waals surface area contributed by atoms with E-state index >= 15 is 0 Å². The standard InChI is InChI=1S/C26H32N2O4/c1-19-16-24(27-30)25(28(19)26(29)32-17-20-8-4-2-5-9-20)18-31-23-14-12-22(13-15-23)21-10-6-3-7-11-21/h2-11,19,22-23,25,30H,12-18H2,1H3/t19-,22-,23+,25+/m1/s1. The molecular formula is C26H32N2O4. The van der Waals surface area contributed by atoms with Crippen LogP contribution >= 0.6 is 0 Å². The molecule has 2 atom stereocenters. The Bertz CT molecular complexity index is 895. The number of ether oxygens (including phenoxy) is 2. The first-order valence-electron chi connectivity index (χ1n) is 11.5. The zero-order valence-corrected chi connectivity index (χ0v) is 18.6. The summed E-state index contributed by atoms with van der Waals surface area (Å²) in [6.07, 6.45) is 4.46. The van der Waals surface area contributed by atoms with Crippen LogP contribution in [0.5, 0.6) is 0 Å². The summed E-state index contributed by atoms with van der Waals surface area (Å²) in [6.45, 7) is 2.48. The van der Waals surface area contributed by atoms with E-state index in [1.807, 2.05) is 37.3 Å². The Morgan fingerprint density at radius 3 is 2.34 bits per heavy atom. The van der Waals surface area contributed by atoms with Gasteiger partial charge in [0.1, 0.15) is 12.6 Å². The third kappa shape index (κ3) is 5.30. The summed E-state index contributed by atoms with van der Waals surface area (Å²) in [5, 5.41) is 13.0. The van der Waals surface area contributed by atoms with Crippen LogP contribution in [-0.2, 0) is 16.1 Å². The molecule has 4 rings (SSSR count). The monoisotopic (exact) mass is 436 g/mol. The number of hydrogen-bond donors (Lipinski definition) is 1. The number of benzene rings is 2. The van der Waals surface area contributed by atoms with Crippen LogP contribution in [0.4, 0.5) is 4.79 Å². The molecule has 1 aliphatic heterocycles. The Kier molecular flexibility index (Phi) is 7.43. The third-order valence-corrected chi connectivity index (χ3v) is 6.68. The summed E-state index contributed by atoms with van der Waals surface area (Å²) in [7, 11) is 0. The normalized spacial score (nSPS) is 26.9. The van der Waals surface area contributed by atoms with Crippen molar-refractivity contribution in [1.29, 1.82) is 0 Å². The van der Waals surface area contributed by atoms with Gasteiger partial charge in [-0.25, -0.2) is 4.79 Å². The van der Waals surface area contributed by atoms with E-state index in [-0.39, 0.29) is 18.8 Å². The lowest BCUT2D eigenvalue weighted by Crippen LogP contribution is -2.45. The van der Waals surface area contributed by atoms with E-state index in [9.17, 15) is 10.0 Å². The minimum Gasteiger partial charge on any atom is -0.445 e. The molecule has 0 unspecified atom stereocenters. The Morgan fingerprint density at radius 2 is 1.69 bits per heavy atom. The molecule has 0 radical (unpaired) electrons. The molecule has 0 aromatic heterocycles. The second-order valence-electron chi connectivity index (χ2n) is 8.83. The highest BCUT2D eigenvalue weighted by molar-refractivity contribution is 5.95. The quantitative estimate of drug-likeness (QED) is 0.489. The first kappa shape index (κ1) is 22.3. The van der Waals surface area contributed by atoms with E-state index in [1.54, 1.807) is 4.90 Å². The summed E-state index contributed by atoms with van der Waals surface area (Å²) in [6, 6.07) is 19.8. The van der Waals surface area contributed by atoms with Crippen molar-refractivity contribution in [2.45, 2.75) is 69.7 Å². The Labute approximate surface area is 189 Å². The minimum atomic E-state index is -0.401. The van der Waals surface area contributed by atoms with Crippen molar-refractivity contribution < 1.29 is 19.5 Å². The van der Waals surface area contributed by atoms with Crippen molar-refractivity contribution in [3.05, 3.63) is 71.8 Å². The van der Waals surface area contributed by atoms with Gasteiger partial charge in [-0.3, -0.25) is 4.90 Å². The Hall–Kier alpha value is -2.86. The molecule has 1 saturated heterocycles. The van der Waals surface area contributed by atoms with Gasteiger partial charge < -0.3 is 14.7 Å². The fourth-order valence-electron chi connectivity index (χ4n) is 4.91. The third-order valence-electron chi connectivity index (χ3n) is 6.68. The van der Waals surface area contributed by atoms with Crippen molar-refractivity contribution >= 4 is 11.8 Å². The second kappa shape index (κ2) is 10.6. The zero-order chi connectivity index (χ0) is 22.3. The van der Waals surface area contributed by atoms with Crippen LogP contribution in [0.25, 0.3) is 0 Å². The molecule has 1 aliphatic carbocycles. The van der Waals surface area contributed by atoms with Gasteiger partial charge in [0.05, 0.1) is 18.4 Å². The number of carbonyl (C=O) groups excluding carboxylic acids is 1. The highest BCUT2D eigenvalue weighted by atomic mass is 16.6. The number of hydrogen-bond acceptors (Lipinski definition) is 5. The molecular weight excluding hydrogens is 404 g/mol. The lowest BCUT2D eigenvalue weighted by atomic mass is 9.83. The van der Waals surface area contributed by atoms with E-state index in [0.717, 1.165) is 31.2 Å². The average Bonchev–Trinajstić information content (AvgIpc) is 3.18. The van der Waals surface area contributed by atoms with E-state index in [2.05, 4.69) is 35.5 Å². The van der Waals surface area contributed by atoms with Crippen LogP contribution in [0.15, 0.2) is 65.8 Å². The van der Waals surface area contributed by atoms with E-state index in [1.165, 1.54) is 5.56 Å². The van der Waals surface area contributed by atoms with Crippen LogP contribution in [0.2, 0.25) is 0 Å². The molecule has 1 N–H and O–H groups in total. The maximum absolute atomic E-state index is 12.9. The molecule has 1 heterocycles. The lowest BCUT2D eigenvalue weighted by molar-refractivity contribution is -0.000301. The smallest absolute Gasteiger partial charge is 0.410 e. The van der Waals surface area contributed by atoms with Gasteiger partial charge in [-0.15, -0.1) is 0 Å². The molecule has 1 amide bonds. The second-order valence-corrected chi connectivity index (χ2v) is 8.83. The first-order chi connectivity index (χ1) is 15.7. The van der Waals surface area contributed by atoms with Gasteiger partial charge in [0.2, 0.25) is 0 Å². The average molecular weight is 437 g/mol. The maximum atomic E-state index is 12.9. The topological polar surface area (TPSA) is 71.4 Å². The molecule has 2 fully saturated rings. The largest absolute Gasteiger partial charge is 0.445 e. The summed E-state index contributed by atoms with van der Waals surface area (Å²) in [5.74, 6) is 0.585. The molecule has 6 heteroatoms. The van der Waals surface area contributed by atoms with Gasteiger partial charge in [-0.2, -0.15) is 0 Å². The van der Waals surface area contributed by atoms with E-state index in [4.69, 9.17) is 9.47 Å². The highest BCUT2D eigenvalue weighted by Crippen LogP contribution is 2.34. The van der Waals surface area contributed by atoms with Crippen molar-refractivity contribution in [2.24, 2.45) is 5.16 Å². The van der Waals surface area contributed by atoms with Crippen LogP contribution in [-0.4, -0.2) is 46.7 Å². The number of carbonyl (C=O) groups is 1. The predicted molar refractivity (Wildman–Crippen MR) is 123 cm³/mol. The summed E-state index contributed by atoms with van der Waals surface area (Å²) in [4.78, 5) is 14.5. The summed E-state index contributed by atoms with van der Waals surface area (Å²) in [5.41, 5.74) is 2.91. The maximum Gasteiger partial charge on any atom is 0.410 e. The molecule has 1 saturated carbocycles. The highest BCUT2D eigenvalue weighted by Gasteiger charge is 2.41. The fraction of sp³-hybridized carbons (Fsp3) is 0.462. The molecule has 2 aromatic rings. The van der Waals surface area contributed by atoms with Crippen LogP contribution in [0.1, 0.15) is 56.1 Å². The SMILES string of the molecule is C[C@@H]1CC(=NO)[C@H](CO[C@H]2CC[C@@H](c3ccccc3)CC2)N1C(=O)OCc1ccccc1. The number of oxime groups is 1. The number of rotatable bonds is 6. The van der Waals surface area contributed by atoms with Crippen molar-refractivity contribution in [1.82, 2.24) is 4.90 Å². The fourth-order valence-corrected chi connectivity index (χ4v) is 4.91. The van der Waals surface area contributed by atoms with Crippen molar-refractivity contribution in [3.8, 4) is 0 Å². The van der Waals surface area contributed by atoms with Crippen LogP contribution in [0.3, 0.4) is 0 Å². The molecule has 2 aromatic carbocycles. The summed E-state index contributed by atoms with van der Waals surface area (Å²) < 4.78 is 11.8. The Balaban J connectivity index is 1.32. The van der Waals surface area contributed by atoms with Crippen LogP contribution in [0, 0.1) is 0 Å². The molecule has 0 bridgehead atoms. The van der Waals surface area contributed by atoms with Gasteiger partial charge in [-0.05, 0) is 49.7 Å². The summed E-state index contributed by atoms with van der Waals surface area (Å²) >= 11 is 0. The number of amides is 1. The van der Waals surface area contributed by atoms with Gasteiger partial charge in [0, 0.05) is 12.5 Å². The van der Waals surface area contributed by atoms with Gasteiger partial charge in [-0.1, -0.05) is 65.8 Å². The van der Waals surface area contributed by atoms with Crippen LogP contribution < -0.4 is 0 Å². The number of likely N-dealkylation sites (tertiary alicyclic amines) is 1. The molecule has 2 aliphatic rings. The van der Waals surface area contributed by atoms with E-state index in [0.29, 0.717) is 24.7 Å². The zero-order valence-electron chi connectivity index (χ0n) is 18.6. The first-order valence-corrected chi connectivity index (χ1v) is 11.5. The van der Waals surface area contributed by atoms with Gasteiger partial charge in [0.15, 0.2) is 0 Å². The Morgan fingerprint density at radius 1 is 1.03 bits per heavy atom. The van der Waals surface area contributed by atoms with Crippen molar-refractivity contribution in [2.75, 3.05) is 6.61 Å². The number of nitrogens with zero attached hydrogens (tertiary/aromatic N) is 2. The molecule has 6 nitrogen and oxygen atoms in total. The minimum absolute atomic E-state index is 0.105. The van der Waals surface area contributed by atoms with Gasteiger partial charge in [0.25, 0.3) is 0 Å². The van der Waals surface area contributed by atoms with E-state index < -0.39 is 12.1 Å². The van der Waals surface area contributed by atoms with Crippen molar-refractivity contribution in [3.63, 3.8) is 0 Å². The lowest BCUT2D eigenvalue weighted by Gasteiger charge is -2.32. The van der Waals surface area contributed by atoms with Gasteiger partial charge >= 0.3 is 6.09 Å².